The SMILES string of the molecule is COc1ccc(N=Nc2cc(C#N)c(O)[nH]c2=O)cc1. The average molecular weight is 270 g/mol. The number of azo groups is 1. The van der Waals surface area contributed by atoms with Crippen LogP contribution in [0.3, 0.4) is 0 Å². The molecule has 7 nitrogen and oxygen atoms in total. The Hall–Kier alpha value is -3.14. The molecule has 0 aliphatic heterocycles. The third-order valence-electron chi connectivity index (χ3n) is 2.47. The molecule has 7 heteroatoms. The molecule has 0 atom stereocenters. The van der Waals surface area contributed by atoms with Crippen molar-refractivity contribution in [2.24, 2.45) is 10.2 Å². The minimum absolute atomic E-state index is 0.0600. The number of aromatic nitrogens is 1. The van der Waals surface area contributed by atoms with Gasteiger partial charge in [-0.15, -0.1) is 5.11 Å². The number of nitriles is 1. The molecule has 0 spiro atoms. The van der Waals surface area contributed by atoms with Gasteiger partial charge >= 0.3 is 0 Å². The Kier molecular flexibility index (Phi) is 3.77. The molecule has 2 N–H and O–H groups in total. The van der Waals surface area contributed by atoms with Crippen molar-refractivity contribution in [1.82, 2.24) is 4.98 Å². The van der Waals surface area contributed by atoms with Gasteiger partial charge in [0.2, 0.25) is 5.88 Å². The van der Waals surface area contributed by atoms with Gasteiger partial charge in [-0.25, -0.2) is 0 Å². The van der Waals surface area contributed by atoms with E-state index in [1.165, 1.54) is 6.07 Å². The summed E-state index contributed by atoms with van der Waals surface area (Å²) < 4.78 is 5.00. The van der Waals surface area contributed by atoms with Crippen LogP contribution in [0.15, 0.2) is 45.4 Å². The fourth-order valence-electron chi connectivity index (χ4n) is 1.43. The van der Waals surface area contributed by atoms with Crippen LogP contribution < -0.4 is 10.3 Å². The fraction of sp³-hybridized carbons (Fsp3) is 0.0769. The molecular formula is C13H10N4O3. The lowest BCUT2D eigenvalue weighted by molar-refractivity contribution is 0.415. The van der Waals surface area contributed by atoms with Crippen molar-refractivity contribution >= 4 is 11.4 Å². The normalized spacial score (nSPS) is 10.4. The minimum atomic E-state index is -0.626. The van der Waals surface area contributed by atoms with E-state index in [1.54, 1.807) is 37.4 Å². The second kappa shape index (κ2) is 5.67. The molecule has 0 saturated carbocycles. The molecule has 0 unspecified atom stereocenters. The third kappa shape index (κ3) is 2.81. The summed E-state index contributed by atoms with van der Waals surface area (Å²) >= 11 is 0. The van der Waals surface area contributed by atoms with Gasteiger partial charge in [0.1, 0.15) is 17.4 Å². The van der Waals surface area contributed by atoms with E-state index < -0.39 is 11.4 Å². The number of hydrogen-bond acceptors (Lipinski definition) is 6. The quantitative estimate of drug-likeness (QED) is 0.834. The maximum absolute atomic E-state index is 11.5. The predicted octanol–water partition coefficient (Wildman–Crippen LogP) is 2.38. The van der Waals surface area contributed by atoms with E-state index in [-0.39, 0.29) is 11.3 Å². The molecule has 0 radical (unpaired) electrons. The van der Waals surface area contributed by atoms with Gasteiger partial charge in [-0.3, -0.25) is 9.78 Å². The topological polar surface area (TPSA) is 111 Å². The van der Waals surface area contributed by atoms with Gasteiger partial charge in [-0.1, -0.05) is 0 Å². The molecular weight excluding hydrogens is 260 g/mol. The van der Waals surface area contributed by atoms with Gasteiger partial charge in [-0.2, -0.15) is 10.4 Å². The van der Waals surface area contributed by atoms with Crippen molar-refractivity contribution in [3.8, 4) is 17.7 Å². The van der Waals surface area contributed by atoms with Crippen molar-refractivity contribution in [3.05, 3.63) is 46.2 Å². The van der Waals surface area contributed by atoms with E-state index in [0.29, 0.717) is 11.4 Å². The largest absolute Gasteiger partial charge is 0.497 e. The monoisotopic (exact) mass is 270 g/mol. The lowest BCUT2D eigenvalue weighted by Gasteiger charge is -1.99. The lowest BCUT2D eigenvalue weighted by atomic mass is 10.3. The maximum atomic E-state index is 11.5. The summed E-state index contributed by atoms with van der Waals surface area (Å²) in [5, 5.41) is 25.7. The summed E-state index contributed by atoms with van der Waals surface area (Å²) in [6, 6.07) is 9.65. The Morgan fingerprint density at radius 3 is 2.60 bits per heavy atom. The summed E-state index contributed by atoms with van der Waals surface area (Å²) in [5.74, 6) is 0.194. The second-order valence-electron chi connectivity index (χ2n) is 3.76. The van der Waals surface area contributed by atoms with Crippen molar-refractivity contribution in [2.45, 2.75) is 0 Å². The molecule has 0 aliphatic carbocycles. The highest BCUT2D eigenvalue weighted by Crippen LogP contribution is 2.21. The highest BCUT2D eigenvalue weighted by atomic mass is 16.5. The Bertz CT molecular complexity index is 742. The number of H-pyrrole nitrogens is 1. The Morgan fingerprint density at radius 1 is 1.30 bits per heavy atom. The van der Waals surface area contributed by atoms with Crippen LogP contribution in [0, 0.1) is 11.3 Å². The number of ether oxygens (including phenoxy) is 1. The summed E-state index contributed by atoms with van der Waals surface area (Å²) in [6.45, 7) is 0. The van der Waals surface area contributed by atoms with Crippen molar-refractivity contribution in [2.75, 3.05) is 7.11 Å². The van der Waals surface area contributed by atoms with Gasteiger partial charge in [-0.05, 0) is 30.3 Å². The van der Waals surface area contributed by atoms with Crippen molar-refractivity contribution in [1.29, 1.82) is 5.26 Å². The number of methoxy groups -OCH3 is 1. The zero-order valence-corrected chi connectivity index (χ0v) is 10.5. The molecule has 1 aromatic heterocycles. The van der Waals surface area contributed by atoms with Gasteiger partial charge in [0.15, 0.2) is 5.69 Å². The number of pyridine rings is 1. The number of benzene rings is 1. The highest BCUT2D eigenvalue weighted by Gasteiger charge is 2.06. The molecule has 1 heterocycles. The number of hydrogen-bond donors (Lipinski definition) is 2. The number of aromatic amines is 1. The van der Waals surface area contributed by atoms with Gasteiger partial charge in [0.25, 0.3) is 5.56 Å². The van der Waals surface area contributed by atoms with Crippen LogP contribution >= 0.6 is 0 Å². The van der Waals surface area contributed by atoms with Crippen LogP contribution in [-0.2, 0) is 0 Å². The molecule has 20 heavy (non-hydrogen) atoms. The molecule has 0 amide bonds. The first-order valence-electron chi connectivity index (χ1n) is 5.56. The molecule has 0 saturated heterocycles. The first kappa shape index (κ1) is 13.3. The zero-order chi connectivity index (χ0) is 14.5. The minimum Gasteiger partial charge on any atom is -0.497 e. The standard InChI is InChI=1S/C13H10N4O3/c1-20-10-4-2-9(3-5-10)16-17-11-6-8(7-14)12(18)15-13(11)19/h2-6H,1H3,(H2,15,18,19). The van der Waals surface area contributed by atoms with Gasteiger partial charge < -0.3 is 9.84 Å². The van der Waals surface area contributed by atoms with E-state index in [2.05, 4.69) is 15.2 Å². The van der Waals surface area contributed by atoms with Gasteiger partial charge in [0.05, 0.1) is 12.8 Å². The van der Waals surface area contributed by atoms with E-state index >= 15 is 0 Å². The molecule has 100 valence electrons. The van der Waals surface area contributed by atoms with Crippen molar-refractivity contribution < 1.29 is 9.84 Å². The van der Waals surface area contributed by atoms with E-state index in [4.69, 9.17) is 10.00 Å². The summed E-state index contributed by atoms with van der Waals surface area (Å²) in [7, 11) is 1.55. The van der Waals surface area contributed by atoms with E-state index in [0.717, 1.165) is 0 Å². The van der Waals surface area contributed by atoms with E-state index in [1.807, 2.05) is 0 Å². The second-order valence-corrected chi connectivity index (χ2v) is 3.76. The van der Waals surface area contributed by atoms with Crippen LogP contribution in [-0.4, -0.2) is 17.2 Å². The van der Waals surface area contributed by atoms with Crippen LogP contribution in [0.2, 0.25) is 0 Å². The molecule has 0 aliphatic rings. The molecule has 0 bridgehead atoms. The lowest BCUT2D eigenvalue weighted by Crippen LogP contribution is -2.05. The zero-order valence-electron chi connectivity index (χ0n) is 10.5. The van der Waals surface area contributed by atoms with Crippen molar-refractivity contribution in [3.63, 3.8) is 0 Å². The number of rotatable bonds is 3. The average Bonchev–Trinajstić information content (AvgIpc) is 2.47. The Balaban J connectivity index is 2.31. The number of aromatic hydroxyl groups is 1. The number of nitrogens with zero attached hydrogens (tertiary/aromatic N) is 3. The maximum Gasteiger partial charge on any atom is 0.278 e. The van der Waals surface area contributed by atoms with Crippen LogP contribution in [0.4, 0.5) is 11.4 Å². The Labute approximate surface area is 113 Å². The Morgan fingerprint density at radius 2 is 2.00 bits per heavy atom. The predicted molar refractivity (Wildman–Crippen MR) is 70.6 cm³/mol. The molecule has 1 aromatic carbocycles. The summed E-state index contributed by atoms with van der Waals surface area (Å²) in [5.41, 5.74) is -0.237. The first-order chi connectivity index (χ1) is 9.63. The molecule has 0 fully saturated rings. The molecule has 2 rings (SSSR count). The third-order valence-corrected chi connectivity index (χ3v) is 2.47. The van der Waals surface area contributed by atoms with Gasteiger partial charge in [0, 0.05) is 0 Å². The number of nitrogens with one attached hydrogen (secondary N) is 1. The van der Waals surface area contributed by atoms with Crippen LogP contribution in [0.1, 0.15) is 5.56 Å². The summed E-state index contributed by atoms with van der Waals surface area (Å²) in [6.07, 6.45) is 0. The smallest absolute Gasteiger partial charge is 0.278 e. The van der Waals surface area contributed by atoms with Crippen LogP contribution in [0.5, 0.6) is 11.6 Å². The first-order valence-corrected chi connectivity index (χ1v) is 5.56. The fourth-order valence-corrected chi connectivity index (χ4v) is 1.43. The summed E-state index contributed by atoms with van der Waals surface area (Å²) in [4.78, 5) is 13.6. The molecule has 2 aromatic rings. The highest BCUT2D eigenvalue weighted by molar-refractivity contribution is 5.48. The van der Waals surface area contributed by atoms with Crippen LogP contribution in [0.25, 0.3) is 0 Å². The van der Waals surface area contributed by atoms with E-state index in [9.17, 15) is 9.90 Å².